The molecule has 0 rings (SSSR count). The molecule has 0 atom stereocenters. The van der Waals surface area contributed by atoms with Crippen LogP contribution in [-0.4, -0.2) is 20.6 Å². The Morgan fingerprint density at radius 1 is 1.56 bits per heavy atom. The van der Waals surface area contributed by atoms with Crippen molar-refractivity contribution in [3.8, 4) is 0 Å². The second-order valence-corrected chi connectivity index (χ2v) is 3.04. The zero-order valence-electron chi connectivity index (χ0n) is 5.25. The van der Waals surface area contributed by atoms with E-state index in [1.807, 2.05) is 0 Å². The largest absolute Gasteiger partial charge is 0.330 e. The topological polar surface area (TPSA) is 60.4 Å². The molecule has 0 aliphatic carbocycles. The van der Waals surface area contributed by atoms with E-state index < -0.39 is 15.2 Å². The lowest BCUT2D eigenvalue weighted by molar-refractivity contribution is -0.112. The van der Waals surface area contributed by atoms with Crippen molar-refractivity contribution in [3.05, 3.63) is 0 Å². The van der Waals surface area contributed by atoms with Crippen LogP contribution in [0.4, 0.5) is 0 Å². The highest BCUT2D eigenvalue weighted by atomic mass is 32.2. The molecule has 0 aliphatic rings. The third-order valence-corrected chi connectivity index (χ3v) is 2.07. The van der Waals surface area contributed by atoms with E-state index in [2.05, 4.69) is 4.18 Å². The van der Waals surface area contributed by atoms with E-state index in [0.29, 0.717) is 0 Å². The minimum atomic E-state index is -3.89. The van der Waals surface area contributed by atoms with Gasteiger partial charge in [0.05, 0.1) is 7.11 Å². The predicted molar refractivity (Wildman–Crippen MR) is 31.2 cm³/mol. The van der Waals surface area contributed by atoms with Gasteiger partial charge in [-0.1, -0.05) is 6.92 Å². The predicted octanol–water partition coefficient (Wildman–Crippen LogP) is -0.101. The van der Waals surface area contributed by atoms with Crippen LogP contribution in [0.5, 0.6) is 0 Å². The van der Waals surface area contributed by atoms with Crippen molar-refractivity contribution in [2.75, 3.05) is 7.11 Å². The first-order valence-electron chi connectivity index (χ1n) is 2.38. The second-order valence-electron chi connectivity index (χ2n) is 1.35. The van der Waals surface area contributed by atoms with Crippen molar-refractivity contribution in [3.63, 3.8) is 0 Å². The molecule has 0 aromatic heterocycles. The maximum Gasteiger partial charge on any atom is 0.330 e. The van der Waals surface area contributed by atoms with Crippen LogP contribution in [0.1, 0.15) is 13.3 Å². The van der Waals surface area contributed by atoms with E-state index in [1.54, 1.807) is 0 Å². The molecule has 0 aliphatic heterocycles. The molecule has 9 heavy (non-hydrogen) atoms. The van der Waals surface area contributed by atoms with Crippen molar-refractivity contribution >= 4 is 15.2 Å². The summed E-state index contributed by atoms with van der Waals surface area (Å²) in [7, 11) is -2.93. The summed E-state index contributed by atoms with van der Waals surface area (Å²) >= 11 is 0. The summed E-state index contributed by atoms with van der Waals surface area (Å²) in [6, 6.07) is 0. The molecule has 0 aromatic carbocycles. The Hall–Kier alpha value is -0.420. The average Bonchev–Trinajstić information content (AvgIpc) is 1.86. The minimum Gasteiger partial charge on any atom is -0.279 e. The first-order chi connectivity index (χ1) is 4.04. The van der Waals surface area contributed by atoms with E-state index in [-0.39, 0.29) is 6.42 Å². The minimum absolute atomic E-state index is 0.0455. The van der Waals surface area contributed by atoms with E-state index >= 15 is 0 Å². The summed E-state index contributed by atoms with van der Waals surface area (Å²) in [5, 5.41) is -0.884. The van der Waals surface area contributed by atoms with Gasteiger partial charge in [0, 0.05) is 6.42 Å². The standard InChI is InChI=1S/C4H8O4S/c1-3-4(5)9(6,7)8-2/h3H2,1-2H3. The smallest absolute Gasteiger partial charge is 0.279 e. The van der Waals surface area contributed by atoms with Crippen molar-refractivity contribution in [2.45, 2.75) is 13.3 Å². The van der Waals surface area contributed by atoms with Crippen LogP contribution in [-0.2, 0) is 19.1 Å². The highest BCUT2D eigenvalue weighted by molar-refractivity contribution is 8.01. The van der Waals surface area contributed by atoms with Gasteiger partial charge >= 0.3 is 10.1 Å². The summed E-state index contributed by atoms with van der Waals surface area (Å²) in [5.74, 6) is 0. The first kappa shape index (κ1) is 8.58. The lowest BCUT2D eigenvalue weighted by Crippen LogP contribution is -2.14. The molecule has 54 valence electrons. The summed E-state index contributed by atoms with van der Waals surface area (Å²) in [5.41, 5.74) is 0. The zero-order chi connectivity index (χ0) is 7.49. The molecule has 0 radical (unpaired) electrons. The van der Waals surface area contributed by atoms with Crippen LogP contribution in [0.25, 0.3) is 0 Å². The van der Waals surface area contributed by atoms with Crippen LogP contribution in [0, 0.1) is 0 Å². The fraction of sp³-hybridized carbons (Fsp3) is 0.750. The van der Waals surface area contributed by atoms with E-state index in [9.17, 15) is 13.2 Å². The van der Waals surface area contributed by atoms with Gasteiger partial charge in [-0.15, -0.1) is 0 Å². The third kappa shape index (κ3) is 2.11. The Morgan fingerprint density at radius 3 is 2.11 bits per heavy atom. The quantitative estimate of drug-likeness (QED) is 0.518. The third-order valence-electron chi connectivity index (χ3n) is 0.787. The number of hydrogen-bond acceptors (Lipinski definition) is 4. The molecule has 5 heteroatoms. The van der Waals surface area contributed by atoms with Crippen molar-refractivity contribution in [1.82, 2.24) is 0 Å². The summed E-state index contributed by atoms with van der Waals surface area (Å²) in [6.07, 6.45) is -0.0455. The SMILES string of the molecule is CCC(=O)S(=O)(=O)OC. The first-order valence-corrected chi connectivity index (χ1v) is 3.79. The Kier molecular flexibility index (Phi) is 2.80. The Bertz CT molecular complexity index is 191. The highest BCUT2D eigenvalue weighted by Gasteiger charge is 2.17. The Balaban J connectivity index is 4.37. The highest BCUT2D eigenvalue weighted by Crippen LogP contribution is 1.94. The molecule has 0 saturated heterocycles. The number of hydrogen-bond donors (Lipinski definition) is 0. The molecule has 0 heterocycles. The second kappa shape index (κ2) is 2.93. The summed E-state index contributed by atoms with van der Waals surface area (Å²) in [4.78, 5) is 10.4. The van der Waals surface area contributed by atoms with Gasteiger partial charge in [-0.3, -0.25) is 8.98 Å². The average molecular weight is 152 g/mol. The lowest BCUT2D eigenvalue weighted by Gasteiger charge is -1.93. The molecule has 0 aromatic rings. The van der Waals surface area contributed by atoms with Gasteiger partial charge in [0.2, 0.25) is 0 Å². The van der Waals surface area contributed by atoms with Gasteiger partial charge in [-0.25, -0.2) is 0 Å². The molecule has 0 saturated carbocycles. The van der Waals surface area contributed by atoms with Gasteiger partial charge in [-0.05, 0) is 0 Å². The zero-order valence-corrected chi connectivity index (χ0v) is 6.06. The van der Waals surface area contributed by atoms with Crippen LogP contribution in [0.15, 0.2) is 0 Å². The van der Waals surface area contributed by atoms with Gasteiger partial charge in [0.15, 0.2) is 0 Å². The molecule has 4 nitrogen and oxygen atoms in total. The van der Waals surface area contributed by atoms with Gasteiger partial charge < -0.3 is 0 Å². The van der Waals surface area contributed by atoms with E-state index in [1.165, 1.54) is 6.92 Å². The maximum absolute atomic E-state index is 10.4. The van der Waals surface area contributed by atoms with Crippen LogP contribution in [0.2, 0.25) is 0 Å². The number of carbonyl (C=O) groups is 1. The fourth-order valence-electron chi connectivity index (χ4n) is 0.270. The van der Waals surface area contributed by atoms with Crippen LogP contribution >= 0.6 is 0 Å². The van der Waals surface area contributed by atoms with Crippen LogP contribution in [0.3, 0.4) is 0 Å². The molecule has 0 unspecified atom stereocenters. The van der Waals surface area contributed by atoms with Crippen molar-refractivity contribution in [2.24, 2.45) is 0 Å². The fourth-order valence-corrected chi connectivity index (χ4v) is 0.809. The van der Waals surface area contributed by atoms with Crippen molar-refractivity contribution < 1.29 is 17.4 Å². The lowest BCUT2D eigenvalue weighted by atomic mass is 10.6. The van der Waals surface area contributed by atoms with Crippen molar-refractivity contribution in [1.29, 1.82) is 0 Å². The molecule has 0 bridgehead atoms. The molecule has 0 N–H and O–H groups in total. The van der Waals surface area contributed by atoms with Gasteiger partial charge in [0.1, 0.15) is 0 Å². The Labute approximate surface area is 53.9 Å². The molecular formula is C4H8O4S. The van der Waals surface area contributed by atoms with Crippen LogP contribution < -0.4 is 0 Å². The number of rotatable bonds is 2. The normalized spacial score (nSPS) is 11.3. The van der Waals surface area contributed by atoms with E-state index in [0.717, 1.165) is 7.11 Å². The molecule has 0 fully saturated rings. The molecule has 0 spiro atoms. The maximum atomic E-state index is 10.4. The van der Waals surface area contributed by atoms with Gasteiger partial charge in [0.25, 0.3) is 5.12 Å². The summed E-state index contributed by atoms with van der Waals surface area (Å²) in [6.45, 7) is 1.46. The molecular weight excluding hydrogens is 144 g/mol. The number of carbonyl (C=O) groups excluding carboxylic acids is 1. The van der Waals surface area contributed by atoms with Gasteiger partial charge in [-0.2, -0.15) is 8.42 Å². The monoisotopic (exact) mass is 152 g/mol. The Morgan fingerprint density at radius 2 is 2.00 bits per heavy atom. The van der Waals surface area contributed by atoms with E-state index in [4.69, 9.17) is 0 Å². The summed E-state index contributed by atoms with van der Waals surface area (Å²) < 4.78 is 24.6. The molecule has 0 amide bonds.